The number of rotatable bonds is 6. The Labute approximate surface area is 166 Å². The third-order valence-corrected chi connectivity index (χ3v) is 4.94. The van der Waals surface area contributed by atoms with Crippen LogP contribution in [0, 0.1) is 11.7 Å². The van der Waals surface area contributed by atoms with Gasteiger partial charge in [-0.1, -0.05) is 0 Å². The smallest absolute Gasteiger partial charge is 0.407 e. The molecule has 0 atom stereocenters. The molecule has 1 fully saturated rings. The van der Waals surface area contributed by atoms with E-state index >= 15 is 0 Å². The standard InChI is InChI=1S/C19H22FN5O4/c1-24(10-12-4-6-25(7-5-12)19(28)29)17-9-16(21-11-22-17)23-15-3-2-13(18(26)27)8-14(15)20/h2-3,8-9,11-12H,4-7,10H2,1H3,(H,26,27)(H,28,29)(H,21,22,23). The molecule has 0 radical (unpaired) electrons. The molecule has 0 saturated carbocycles. The number of likely N-dealkylation sites (tertiary alicyclic amines) is 1. The summed E-state index contributed by atoms with van der Waals surface area (Å²) in [5.74, 6) is -0.516. The van der Waals surface area contributed by atoms with Gasteiger partial charge in [0, 0.05) is 32.7 Å². The lowest BCUT2D eigenvalue weighted by Crippen LogP contribution is -2.40. The molecule has 1 aliphatic rings. The topological polar surface area (TPSA) is 119 Å². The Morgan fingerprint density at radius 1 is 1.24 bits per heavy atom. The highest BCUT2D eigenvalue weighted by Gasteiger charge is 2.23. The SMILES string of the molecule is CN(CC1CCN(C(=O)O)CC1)c1cc(Nc2ccc(C(=O)O)cc2F)ncn1. The summed E-state index contributed by atoms with van der Waals surface area (Å²) >= 11 is 0. The van der Waals surface area contributed by atoms with Crippen LogP contribution in [0.5, 0.6) is 0 Å². The van der Waals surface area contributed by atoms with Crippen molar-refractivity contribution >= 4 is 29.4 Å². The molecule has 0 unspecified atom stereocenters. The van der Waals surface area contributed by atoms with Gasteiger partial charge >= 0.3 is 12.1 Å². The average molecular weight is 403 g/mol. The van der Waals surface area contributed by atoms with Crippen LogP contribution in [0.15, 0.2) is 30.6 Å². The summed E-state index contributed by atoms with van der Waals surface area (Å²) in [6, 6.07) is 5.28. The number of halogens is 1. The van der Waals surface area contributed by atoms with E-state index in [2.05, 4.69) is 15.3 Å². The molecular formula is C19H22FN5O4. The fourth-order valence-corrected chi connectivity index (χ4v) is 3.30. The summed E-state index contributed by atoms with van der Waals surface area (Å²) < 4.78 is 14.1. The normalized spacial score (nSPS) is 14.5. The van der Waals surface area contributed by atoms with E-state index in [4.69, 9.17) is 10.2 Å². The average Bonchev–Trinajstić information content (AvgIpc) is 2.70. The van der Waals surface area contributed by atoms with Gasteiger partial charge in [-0.2, -0.15) is 0 Å². The van der Waals surface area contributed by atoms with Crippen molar-refractivity contribution in [1.29, 1.82) is 0 Å². The Hall–Kier alpha value is -3.43. The van der Waals surface area contributed by atoms with Crippen molar-refractivity contribution < 1.29 is 24.2 Å². The minimum absolute atomic E-state index is 0.114. The van der Waals surface area contributed by atoms with E-state index < -0.39 is 17.9 Å². The molecule has 0 aliphatic carbocycles. The third-order valence-electron chi connectivity index (χ3n) is 4.94. The molecule has 2 heterocycles. The number of amides is 1. The lowest BCUT2D eigenvalue weighted by Gasteiger charge is -2.32. The van der Waals surface area contributed by atoms with Crippen LogP contribution in [0.4, 0.5) is 26.5 Å². The number of piperidine rings is 1. The van der Waals surface area contributed by atoms with E-state index in [1.54, 1.807) is 6.07 Å². The Balaban J connectivity index is 1.63. The lowest BCUT2D eigenvalue weighted by molar-refractivity contribution is 0.0696. The maximum atomic E-state index is 14.1. The second-order valence-corrected chi connectivity index (χ2v) is 6.98. The molecule has 0 spiro atoms. The molecule has 10 heteroatoms. The van der Waals surface area contributed by atoms with Gasteiger partial charge in [-0.15, -0.1) is 0 Å². The molecule has 9 nitrogen and oxygen atoms in total. The third kappa shape index (κ3) is 5.09. The first kappa shape index (κ1) is 20.3. The highest BCUT2D eigenvalue weighted by Crippen LogP contribution is 2.24. The summed E-state index contributed by atoms with van der Waals surface area (Å²) in [5, 5.41) is 20.8. The molecule has 1 saturated heterocycles. The first-order valence-corrected chi connectivity index (χ1v) is 9.14. The highest BCUT2D eigenvalue weighted by atomic mass is 19.1. The van der Waals surface area contributed by atoms with Crippen molar-refractivity contribution in [3.63, 3.8) is 0 Å². The van der Waals surface area contributed by atoms with Crippen LogP contribution in [0.25, 0.3) is 0 Å². The van der Waals surface area contributed by atoms with Gasteiger partial charge in [-0.05, 0) is 37.0 Å². The van der Waals surface area contributed by atoms with Gasteiger partial charge in [0.05, 0.1) is 11.3 Å². The van der Waals surface area contributed by atoms with E-state index in [1.807, 2.05) is 11.9 Å². The summed E-state index contributed by atoms with van der Waals surface area (Å²) in [6.45, 7) is 1.76. The zero-order valence-electron chi connectivity index (χ0n) is 15.9. The highest BCUT2D eigenvalue weighted by molar-refractivity contribution is 5.88. The minimum atomic E-state index is -1.20. The second kappa shape index (κ2) is 8.72. The molecular weight excluding hydrogens is 381 g/mol. The minimum Gasteiger partial charge on any atom is -0.478 e. The van der Waals surface area contributed by atoms with E-state index in [0.29, 0.717) is 37.2 Å². The maximum absolute atomic E-state index is 14.1. The molecule has 3 N–H and O–H groups in total. The molecule has 1 amide bonds. The summed E-state index contributed by atoms with van der Waals surface area (Å²) in [6.07, 6.45) is 2.05. The van der Waals surface area contributed by atoms with Crippen LogP contribution in [0.1, 0.15) is 23.2 Å². The van der Waals surface area contributed by atoms with Crippen molar-refractivity contribution in [3.05, 3.63) is 42.0 Å². The van der Waals surface area contributed by atoms with Crippen molar-refractivity contribution in [3.8, 4) is 0 Å². The predicted octanol–water partition coefficient (Wildman–Crippen LogP) is 2.88. The Morgan fingerprint density at radius 3 is 2.59 bits per heavy atom. The number of aromatic carboxylic acids is 1. The number of carboxylic acid groups (broad SMARTS) is 2. The Kier molecular flexibility index (Phi) is 6.10. The summed E-state index contributed by atoms with van der Waals surface area (Å²) in [5.41, 5.74) is -0.0200. The second-order valence-electron chi connectivity index (χ2n) is 6.98. The van der Waals surface area contributed by atoms with E-state index in [1.165, 1.54) is 23.4 Å². The number of carbonyl (C=O) groups is 2. The number of hydrogen-bond acceptors (Lipinski definition) is 6. The molecule has 154 valence electrons. The molecule has 2 aromatic rings. The van der Waals surface area contributed by atoms with Crippen LogP contribution in [0.3, 0.4) is 0 Å². The maximum Gasteiger partial charge on any atom is 0.407 e. The van der Waals surface area contributed by atoms with Crippen LogP contribution in [-0.4, -0.2) is 63.8 Å². The Bertz CT molecular complexity index is 902. The Morgan fingerprint density at radius 2 is 1.97 bits per heavy atom. The fraction of sp³-hybridized carbons (Fsp3) is 0.368. The lowest BCUT2D eigenvalue weighted by atomic mass is 9.96. The zero-order chi connectivity index (χ0) is 21.0. The van der Waals surface area contributed by atoms with Gasteiger partial charge in [0.2, 0.25) is 0 Å². The van der Waals surface area contributed by atoms with Gasteiger partial charge in [0.25, 0.3) is 0 Å². The van der Waals surface area contributed by atoms with Crippen molar-refractivity contribution in [2.24, 2.45) is 5.92 Å². The van der Waals surface area contributed by atoms with Crippen LogP contribution in [-0.2, 0) is 0 Å². The predicted molar refractivity (Wildman–Crippen MR) is 104 cm³/mol. The van der Waals surface area contributed by atoms with Gasteiger partial charge in [-0.3, -0.25) is 0 Å². The van der Waals surface area contributed by atoms with Crippen molar-refractivity contribution in [2.45, 2.75) is 12.8 Å². The van der Waals surface area contributed by atoms with Gasteiger partial charge < -0.3 is 25.3 Å². The van der Waals surface area contributed by atoms with Crippen molar-refractivity contribution in [1.82, 2.24) is 14.9 Å². The summed E-state index contributed by atoms with van der Waals surface area (Å²) in [7, 11) is 1.89. The summed E-state index contributed by atoms with van der Waals surface area (Å²) in [4.78, 5) is 33.6. The number of benzene rings is 1. The first-order valence-electron chi connectivity index (χ1n) is 9.14. The first-order chi connectivity index (χ1) is 13.8. The van der Waals surface area contributed by atoms with E-state index in [0.717, 1.165) is 18.9 Å². The molecule has 1 aromatic heterocycles. The van der Waals surface area contributed by atoms with Crippen LogP contribution < -0.4 is 10.2 Å². The number of nitrogens with zero attached hydrogens (tertiary/aromatic N) is 4. The zero-order valence-corrected chi connectivity index (χ0v) is 15.9. The molecule has 1 aliphatic heterocycles. The molecule has 0 bridgehead atoms. The number of anilines is 3. The van der Waals surface area contributed by atoms with E-state index in [-0.39, 0.29) is 11.3 Å². The molecule has 1 aromatic carbocycles. The van der Waals surface area contributed by atoms with Gasteiger partial charge in [-0.25, -0.2) is 23.9 Å². The van der Waals surface area contributed by atoms with Gasteiger partial charge in [0.15, 0.2) is 0 Å². The largest absolute Gasteiger partial charge is 0.478 e. The van der Waals surface area contributed by atoms with Crippen LogP contribution >= 0.6 is 0 Å². The van der Waals surface area contributed by atoms with E-state index in [9.17, 15) is 14.0 Å². The quantitative estimate of drug-likeness (QED) is 0.674. The number of hydrogen-bond donors (Lipinski definition) is 3. The number of aromatic nitrogens is 2. The monoisotopic (exact) mass is 403 g/mol. The molecule has 3 rings (SSSR count). The van der Waals surface area contributed by atoms with Crippen LogP contribution in [0.2, 0.25) is 0 Å². The fourth-order valence-electron chi connectivity index (χ4n) is 3.30. The number of carboxylic acids is 1. The van der Waals surface area contributed by atoms with Gasteiger partial charge in [0.1, 0.15) is 23.8 Å². The van der Waals surface area contributed by atoms with Crippen molar-refractivity contribution in [2.75, 3.05) is 36.9 Å². The number of nitrogens with one attached hydrogen (secondary N) is 1. The molecule has 29 heavy (non-hydrogen) atoms.